The van der Waals surface area contributed by atoms with Gasteiger partial charge in [0.2, 0.25) is 11.9 Å². The summed E-state index contributed by atoms with van der Waals surface area (Å²) in [6.45, 7) is 7.89. The number of piperidine rings is 1. The lowest BCUT2D eigenvalue weighted by molar-refractivity contribution is -0.126. The molecular formula is C17H28N4O2. The summed E-state index contributed by atoms with van der Waals surface area (Å²) < 4.78 is 0. The van der Waals surface area contributed by atoms with Crippen LogP contribution in [0.4, 0.5) is 5.95 Å². The van der Waals surface area contributed by atoms with Gasteiger partial charge in [-0.15, -0.1) is 0 Å². The highest BCUT2D eigenvalue weighted by Crippen LogP contribution is 2.23. The van der Waals surface area contributed by atoms with E-state index in [1.165, 1.54) is 0 Å². The van der Waals surface area contributed by atoms with Crippen LogP contribution in [-0.2, 0) is 4.79 Å². The van der Waals surface area contributed by atoms with E-state index in [0.29, 0.717) is 0 Å². The molecule has 128 valence electrons. The molecule has 6 heteroatoms. The second-order valence-corrected chi connectivity index (χ2v) is 7.46. The summed E-state index contributed by atoms with van der Waals surface area (Å²) in [6.07, 6.45) is 5.82. The predicted octanol–water partition coefficient (Wildman–Crippen LogP) is 1.61. The fourth-order valence-corrected chi connectivity index (χ4v) is 3.02. The molecular weight excluding hydrogens is 292 g/mol. The van der Waals surface area contributed by atoms with Gasteiger partial charge in [0.05, 0.1) is 12.6 Å². The molecule has 6 nitrogen and oxygen atoms in total. The van der Waals surface area contributed by atoms with E-state index in [-0.39, 0.29) is 29.9 Å². The first kappa shape index (κ1) is 17.7. The Bertz CT molecular complexity index is 493. The molecule has 1 aromatic heterocycles. The number of carbonyl (C=O) groups excluding carboxylic acids is 1. The Morgan fingerprint density at radius 3 is 2.48 bits per heavy atom. The fraction of sp³-hybridized carbons (Fsp3) is 0.706. The maximum Gasteiger partial charge on any atom is 0.225 e. The lowest BCUT2D eigenvalue weighted by atomic mass is 9.87. The number of anilines is 1. The molecule has 1 atom stereocenters. The first-order valence-corrected chi connectivity index (χ1v) is 8.32. The summed E-state index contributed by atoms with van der Waals surface area (Å²) in [5.74, 6) is 0.790. The second kappa shape index (κ2) is 7.73. The number of aliphatic hydroxyl groups excluding tert-OH is 1. The third-order valence-corrected chi connectivity index (χ3v) is 4.13. The van der Waals surface area contributed by atoms with Crippen molar-refractivity contribution >= 4 is 11.9 Å². The van der Waals surface area contributed by atoms with E-state index in [9.17, 15) is 9.90 Å². The Morgan fingerprint density at radius 2 is 1.96 bits per heavy atom. The normalized spacial score (nSPS) is 17.8. The molecule has 0 saturated carbocycles. The Hall–Kier alpha value is -1.69. The maximum atomic E-state index is 12.4. The molecule has 23 heavy (non-hydrogen) atoms. The van der Waals surface area contributed by atoms with Crippen molar-refractivity contribution in [1.29, 1.82) is 0 Å². The third kappa shape index (κ3) is 5.46. The van der Waals surface area contributed by atoms with Gasteiger partial charge in [-0.25, -0.2) is 9.97 Å². The van der Waals surface area contributed by atoms with Crippen LogP contribution >= 0.6 is 0 Å². The zero-order valence-corrected chi connectivity index (χ0v) is 14.3. The summed E-state index contributed by atoms with van der Waals surface area (Å²) in [6, 6.07) is 1.63. The van der Waals surface area contributed by atoms with Crippen LogP contribution < -0.4 is 10.2 Å². The average molecular weight is 320 g/mol. The Kier molecular flexibility index (Phi) is 5.93. The minimum absolute atomic E-state index is 0.00369. The van der Waals surface area contributed by atoms with Crippen molar-refractivity contribution in [2.75, 3.05) is 24.6 Å². The number of aliphatic hydroxyl groups is 1. The van der Waals surface area contributed by atoms with Gasteiger partial charge in [0, 0.05) is 31.4 Å². The van der Waals surface area contributed by atoms with Gasteiger partial charge in [-0.05, 0) is 30.7 Å². The van der Waals surface area contributed by atoms with E-state index in [4.69, 9.17) is 0 Å². The fourth-order valence-electron chi connectivity index (χ4n) is 3.02. The molecule has 1 fully saturated rings. The van der Waals surface area contributed by atoms with E-state index < -0.39 is 0 Å². The number of aromatic nitrogens is 2. The Labute approximate surface area is 138 Å². The molecule has 1 aliphatic rings. The van der Waals surface area contributed by atoms with Crippen LogP contribution in [-0.4, -0.2) is 46.7 Å². The van der Waals surface area contributed by atoms with E-state index in [1.54, 1.807) is 18.5 Å². The molecule has 0 aliphatic carbocycles. The van der Waals surface area contributed by atoms with E-state index in [1.807, 2.05) is 0 Å². The number of hydrogen-bond donors (Lipinski definition) is 2. The van der Waals surface area contributed by atoms with Crippen LogP contribution in [0.1, 0.15) is 40.0 Å². The third-order valence-electron chi connectivity index (χ3n) is 4.13. The SMILES string of the molecule is CC(C)(C)CC(CO)NC(=O)C1CCN(c2ncccn2)CC1. The predicted molar refractivity (Wildman–Crippen MR) is 90.1 cm³/mol. The van der Waals surface area contributed by atoms with E-state index in [2.05, 4.69) is 41.0 Å². The van der Waals surface area contributed by atoms with E-state index in [0.717, 1.165) is 38.3 Å². The highest BCUT2D eigenvalue weighted by atomic mass is 16.3. The average Bonchev–Trinajstić information content (AvgIpc) is 2.54. The van der Waals surface area contributed by atoms with Gasteiger partial charge in [-0.2, -0.15) is 0 Å². The van der Waals surface area contributed by atoms with Crippen molar-refractivity contribution in [3.05, 3.63) is 18.5 Å². The van der Waals surface area contributed by atoms with Gasteiger partial charge in [0.15, 0.2) is 0 Å². The number of carbonyl (C=O) groups is 1. The zero-order valence-electron chi connectivity index (χ0n) is 14.3. The van der Waals surface area contributed by atoms with Crippen LogP contribution in [0.15, 0.2) is 18.5 Å². The number of amides is 1. The van der Waals surface area contributed by atoms with E-state index >= 15 is 0 Å². The molecule has 0 bridgehead atoms. The molecule has 1 unspecified atom stereocenters. The van der Waals surface area contributed by atoms with Gasteiger partial charge in [-0.1, -0.05) is 20.8 Å². The van der Waals surface area contributed by atoms with Crippen molar-refractivity contribution in [1.82, 2.24) is 15.3 Å². The molecule has 2 N–H and O–H groups in total. The van der Waals surface area contributed by atoms with Crippen LogP contribution in [0.3, 0.4) is 0 Å². The minimum Gasteiger partial charge on any atom is -0.394 e. The number of nitrogens with one attached hydrogen (secondary N) is 1. The molecule has 1 aromatic rings. The van der Waals surface area contributed by atoms with Crippen LogP contribution in [0.25, 0.3) is 0 Å². The summed E-state index contributed by atoms with van der Waals surface area (Å²) >= 11 is 0. The quantitative estimate of drug-likeness (QED) is 0.862. The van der Waals surface area contributed by atoms with Crippen molar-refractivity contribution in [2.45, 2.75) is 46.1 Å². The van der Waals surface area contributed by atoms with Crippen molar-refractivity contribution in [3.8, 4) is 0 Å². The summed E-state index contributed by atoms with van der Waals surface area (Å²) in [5.41, 5.74) is 0.0781. The molecule has 1 aliphatic heterocycles. The minimum atomic E-state index is -0.169. The Morgan fingerprint density at radius 1 is 1.35 bits per heavy atom. The van der Waals surface area contributed by atoms with Crippen molar-refractivity contribution < 1.29 is 9.90 Å². The number of rotatable bonds is 5. The largest absolute Gasteiger partial charge is 0.394 e. The van der Waals surface area contributed by atoms with Gasteiger partial charge in [0.1, 0.15) is 0 Å². The summed E-state index contributed by atoms with van der Waals surface area (Å²) in [5, 5.41) is 12.5. The molecule has 0 radical (unpaired) electrons. The molecule has 2 heterocycles. The highest BCUT2D eigenvalue weighted by Gasteiger charge is 2.28. The standard InChI is InChI=1S/C17H28N4O2/c1-17(2,3)11-14(12-22)20-15(23)13-5-9-21(10-6-13)16-18-7-4-8-19-16/h4,7-8,13-14,22H,5-6,9-12H2,1-3H3,(H,20,23). The molecule has 2 rings (SSSR count). The topological polar surface area (TPSA) is 78.4 Å². The summed E-state index contributed by atoms with van der Waals surface area (Å²) in [4.78, 5) is 23.0. The van der Waals surface area contributed by atoms with Crippen LogP contribution in [0, 0.1) is 11.3 Å². The first-order valence-electron chi connectivity index (χ1n) is 8.32. The second-order valence-electron chi connectivity index (χ2n) is 7.46. The number of hydrogen-bond acceptors (Lipinski definition) is 5. The molecule has 0 spiro atoms. The molecule has 1 saturated heterocycles. The zero-order chi connectivity index (χ0) is 16.9. The first-order chi connectivity index (χ1) is 10.9. The molecule has 1 amide bonds. The van der Waals surface area contributed by atoms with Gasteiger partial charge in [0.25, 0.3) is 0 Å². The van der Waals surface area contributed by atoms with Crippen molar-refractivity contribution in [2.24, 2.45) is 11.3 Å². The highest BCUT2D eigenvalue weighted by molar-refractivity contribution is 5.79. The van der Waals surface area contributed by atoms with Gasteiger partial charge < -0.3 is 15.3 Å². The summed E-state index contributed by atoms with van der Waals surface area (Å²) in [7, 11) is 0. The van der Waals surface area contributed by atoms with Gasteiger partial charge in [-0.3, -0.25) is 4.79 Å². The smallest absolute Gasteiger partial charge is 0.225 e. The van der Waals surface area contributed by atoms with Gasteiger partial charge >= 0.3 is 0 Å². The van der Waals surface area contributed by atoms with Crippen LogP contribution in [0.2, 0.25) is 0 Å². The lowest BCUT2D eigenvalue weighted by Crippen LogP contribution is -2.46. The lowest BCUT2D eigenvalue weighted by Gasteiger charge is -2.32. The number of nitrogens with zero attached hydrogens (tertiary/aromatic N) is 3. The maximum absolute atomic E-state index is 12.4. The Balaban J connectivity index is 1.83. The molecule has 0 aromatic carbocycles. The van der Waals surface area contributed by atoms with Crippen molar-refractivity contribution in [3.63, 3.8) is 0 Å². The van der Waals surface area contributed by atoms with Crippen LogP contribution in [0.5, 0.6) is 0 Å². The monoisotopic (exact) mass is 320 g/mol.